The predicted octanol–water partition coefficient (Wildman–Crippen LogP) is 4.48. The highest BCUT2D eigenvalue weighted by Gasteiger charge is 2.17. The Morgan fingerprint density at radius 1 is 1.00 bits per heavy atom. The summed E-state index contributed by atoms with van der Waals surface area (Å²) in [4.78, 5) is 18.8. The summed E-state index contributed by atoms with van der Waals surface area (Å²) in [5, 5.41) is 1.98. The highest BCUT2D eigenvalue weighted by molar-refractivity contribution is 7.07. The molecule has 4 aromatic heterocycles. The molecule has 0 aliphatic carbocycles. The average molecular weight is 433 g/mol. The first-order chi connectivity index (χ1) is 15.1. The van der Waals surface area contributed by atoms with Crippen LogP contribution in [-0.4, -0.2) is 13.9 Å². The SMILES string of the molecule is Cc1c(N=c2scc(-c3ccco3)n2Cc2ccco2)c(=O)n(-c2ccccc2)n1C. The topological polar surface area (TPSA) is 70.5 Å². The minimum atomic E-state index is -0.163. The molecule has 1 aromatic carbocycles. The molecule has 0 N–H and O–H groups in total. The van der Waals surface area contributed by atoms with E-state index in [-0.39, 0.29) is 5.56 Å². The fraction of sp³-hybridized carbons (Fsp3) is 0.130. The van der Waals surface area contributed by atoms with Gasteiger partial charge in [-0.1, -0.05) is 18.2 Å². The summed E-state index contributed by atoms with van der Waals surface area (Å²) in [7, 11) is 1.86. The van der Waals surface area contributed by atoms with Gasteiger partial charge in [0.1, 0.15) is 5.76 Å². The van der Waals surface area contributed by atoms with Crippen molar-refractivity contribution in [3.63, 3.8) is 0 Å². The summed E-state index contributed by atoms with van der Waals surface area (Å²) in [6, 6.07) is 17.1. The Balaban J connectivity index is 1.70. The van der Waals surface area contributed by atoms with Crippen molar-refractivity contribution >= 4 is 17.0 Å². The average Bonchev–Trinajstić information content (AvgIpc) is 3.57. The molecule has 156 valence electrons. The number of furan rings is 2. The predicted molar refractivity (Wildman–Crippen MR) is 119 cm³/mol. The number of hydrogen-bond acceptors (Lipinski definition) is 5. The van der Waals surface area contributed by atoms with E-state index in [1.807, 2.05) is 83.2 Å². The first-order valence-electron chi connectivity index (χ1n) is 9.77. The molecule has 5 aromatic rings. The minimum Gasteiger partial charge on any atom is -0.467 e. The lowest BCUT2D eigenvalue weighted by Gasteiger charge is -2.07. The Morgan fingerprint density at radius 2 is 1.77 bits per heavy atom. The van der Waals surface area contributed by atoms with E-state index in [1.54, 1.807) is 17.2 Å². The van der Waals surface area contributed by atoms with Crippen LogP contribution in [0.2, 0.25) is 0 Å². The highest BCUT2D eigenvalue weighted by atomic mass is 32.1. The van der Waals surface area contributed by atoms with Crippen LogP contribution in [-0.2, 0) is 13.6 Å². The van der Waals surface area contributed by atoms with E-state index in [1.165, 1.54) is 11.3 Å². The van der Waals surface area contributed by atoms with Crippen molar-refractivity contribution in [3.05, 3.63) is 99.1 Å². The summed E-state index contributed by atoms with van der Waals surface area (Å²) >= 11 is 1.46. The number of benzene rings is 1. The van der Waals surface area contributed by atoms with Crippen LogP contribution in [0.1, 0.15) is 11.5 Å². The van der Waals surface area contributed by atoms with Crippen molar-refractivity contribution in [3.8, 4) is 17.1 Å². The maximum absolute atomic E-state index is 13.3. The van der Waals surface area contributed by atoms with Gasteiger partial charge in [0.05, 0.1) is 36.1 Å². The molecule has 0 saturated heterocycles. The molecule has 7 nitrogen and oxygen atoms in total. The molecule has 0 aliphatic rings. The Labute approximate surface area is 181 Å². The van der Waals surface area contributed by atoms with Crippen LogP contribution in [0.25, 0.3) is 17.1 Å². The summed E-state index contributed by atoms with van der Waals surface area (Å²) in [5.74, 6) is 1.52. The maximum Gasteiger partial charge on any atom is 0.297 e. The van der Waals surface area contributed by atoms with Gasteiger partial charge in [-0.25, -0.2) is 9.67 Å². The van der Waals surface area contributed by atoms with Gasteiger partial charge in [0, 0.05) is 12.4 Å². The third-order valence-electron chi connectivity index (χ3n) is 5.20. The number of nitrogens with zero attached hydrogens (tertiary/aromatic N) is 4. The third-order valence-corrected chi connectivity index (χ3v) is 6.06. The quantitative estimate of drug-likeness (QED) is 0.411. The Morgan fingerprint density at radius 3 is 2.48 bits per heavy atom. The van der Waals surface area contributed by atoms with Crippen molar-refractivity contribution in [1.29, 1.82) is 0 Å². The van der Waals surface area contributed by atoms with Gasteiger partial charge in [-0.2, -0.15) is 0 Å². The van der Waals surface area contributed by atoms with E-state index in [0.29, 0.717) is 17.0 Å². The fourth-order valence-electron chi connectivity index (χ4n) is 3.53. The first-order valence-corrected chi connectivity index (χ1v) is 10.6. The normalized spacial score (nSPS) is 12.0. The van der Waals surface area contributed by atoms with Crippen molar-refractivity contribution in [2.45, 2.75) is 13.5 Å². The Bertz CT molecular complexity index is 1430. The summed E-state index contributed by atoms with van der Waals surface area (Å²) in [6.45, 7) is 2.38. The third kappa shape index (κ3) is 3.40. The number of thiazole rings is 1. The monoisotopic (exact) mass is 432 g/mol. The van der Waals surface area contributed by atoms with Crippen molar-refractivity contribution in [1.82, 2.24) is 13.9 Å². The van der Waals surface area contributed by atoms with Crippen LogP contribution < -0.4 is 10.4 Å². The lowest BCUT2D eigenvalue weighted by Crippen LogP contribution is -2.20. The first kappa shape index (κ1) is 19.2. The van der Waals surface area contributed by atoms with E-state index in [4.69, 9.17) is 13.8 Å². The lowest BCUT2D eigenvalue weighted by molar-refractivity contribution is 0.489. The van der Waals surface area contributed by atoms with Crippen LogP contribution in [0.15, 0.2) is 91.1 Å². The zero-order valence-electron chi connectivity index (χ0n) is 17.1. The standard InChI is InChI=1S/C23H20N4O3S/c1-16-21(22(28)27(25(16)2)17-8-4-3-5-9-17)24-23-26(14-18-10-6-12-29-18)19(15-31-23)20-11-7-13-30-20/h3-13,15H,14H2,1-2H3. The second-order valence-corrected chi connectivity index (χ2v) is 7.90. The molecule has 0 fully saturated rings. The van der Waals surface area contributed by atoms with Crippen LogP contribution in [0.4, 0.5) is 5.69 Å². The lowest BCUT2D eigenvalue weighted by atomic mass is 10.3. The van der Waals surface area contributed by atoms with E-state index in [2.05, 4.69) is 0 Å². The Hall–Kier alpha value is -3.78. The van der Waals surface area contributed by atoms with Gasteiger partial charge in [0.2, 0.25) is 0 Å². The second kappa shape index (κ2) is 7.81. The molecule has 0 spiro atoms. The Kier molecular flexibility index (Phi) is 4.83. The van der Waals surface area contributed by atoms with Crippen molar-refractivity contribution in [2.24, 2.45) is 12.0 Å². The molecule has 4 heterocycles. The van der Waals surface area contributed by atoms with Crippen LogP contribution in [0.5, 0.6) is 0 Å². The van der Waals surface area contributed by atoms with Crippen LogP contribution in [0, 0.1) is 6.92 Å². The number of para-hydroxylation sites is 1. The van der Waals surface area contributed by atoms with Crippen LogP contribution >= 0.6 is 11.3 Å². The van der Waals surface area contributed by atoms with Gasteiger partial charge in [-0.15, -0.1) is 11.3 Å². The number of rotatable bonds is 5. The van der Waals surface area contributed by atoms with E-state index in [9.17, 15) is 4.79 Å². The van der Waals surface area contributed by atoms with E-state index >= 15 is 0 Å². The summed E-state index contributed by atoms with van der Waals surface area (Å²) in [6.07, 6.45) is 3.28. The molecule has 0 atom stereocenters. The largest absolute Gasteiger partial charge is 0.467 e. The smallest absolute Gasteiger partial charge is 0.297 e. The van der Waals surface area contributed by atoms with Gasteiger partial charge in [0.15, 0.2) is 16.2 Å². The molecular formula is C23H20N4O3S. The molecule has 0 amide bonds. The summed E-state index contributed by atoms with van der Waals surface area (Å²) < 4.78 is 16.6. The molecular weight excluding hydrogens is 412 g/mol. The van der Waals surface area contributed by atoms with Crippen molar-refractivity contribution in [2.75, 3.05) is 0 Å². The van der Waals surface area contributed by atoms with Crippen LogP contribution in [0.3, 0.4) is 0 Å². The van der Waals surface area contributed by atoms with Gasteiger partial charge in [-0.05, 0) is 43.3 Å². The number of aromatic nitrogens is 3. The van der Waals surface area contributed by atoms with Crippen molar-refractivity contribution < 1.29 is 8.83 Å². The van der Waals surface area contributed by atoms with E-state index in [0.717, 1.165) is 28.6 Å². The minimum absolute atomic E-state index is 0.163. The van der Waals surface area contributed by atoms with Gasteiger partial charge in [0.25, 0.3) is 5.56 Å². The number of hydrogen-bond donors (Lipinski definition) is 0. The highest BCUT2D eigenvalue weighted by Crippen LogP contribution is 2.23. The molecule has 8 heteroatoms. The van der Waals surface area contributed by atoms with Gasteiger partial charge >= 0.3 is 0 Å². The molecule has 5 rings (SSSR count). The maximum atomic E-state index is 13.3. The fourth-order valence-corrected chi connectivity index (χ4v) is 4.43. The van der Waals surface area contributed by atoms with E-state index < -0.39 is 0 Å². The summed E-state index contributed by atoms with van der Waals surface area (Å²) in [5.41, 5.74) is 2.70. The zero-order valence-corrected chi connectivity index (χ0v) is 17.9. The zero-order chi connectivity index (χ0) is 21.4. The molecule has 0 bridgehead atoms. The molecule has 0 radical (unpaired) electrons. The molecule has 31 heavy (non-hydrogen) atoms. The molecule has 0 saturated carbocycles. The van der Waals surface area contributed by atoms with Gasteiger partial charge in [-0.3, -0.25) is 9.48 Å². The van der Waals surface area contributed by atoms with Gasteiger partial charge < -0.3 is 13.4 Å². The second-order valence-electron chi connectivity index (χ2n) is 7.07. The molecule has 0 unspecified atom stereocenters. The molecule has 0 aliphatic heterocycles.